The summed E-state index contributed by atoms with van der Waals surface area (Å²) >= 11 is 6.47. The van der Waals surface area contributed by atoms with E-state index in [-0.39, 0.29) is 30.5 Å². The van der Waals surface area contributed by atoms with E-state index < -0.39 is 28.5 Å². The Hall–Kier alpha value is -3.56. The lowest BCUT2D eigenvalue weighted by Gasteiger charge is -2.34. The molecule has 0 saturated carbocycles. The highest BCUT2D eigenvalue weighted by molar-refractivity contribution is 7.92. The summed E-state index contributed by atoms with van der Waals surface area (Å²) < 4.78 is 32.1. The van der Waals surface area contributed by atoms with E-state index in [0.717, 1.165) is 16.1 Å². The van der Waals surface area contributed by atoms with Crippen molar-refractivity contribution in [1.82, 2.24) is 10.2 Å². The molecule has 3 rings (SSSR count). The highest BCUT2D eigenvalue weighted by Crippen LogP contribution is 2.25. The van der Waals surface area contributed by atoms with Crippen LogP contribution in [0.3, 0.4) is 0 Å². The summed E-state index contributed by atoms with van der Waals surface area (Å²) in [6, 6.07) is 22.0. The molecule has 0 aliphatic carbocycles. The van der Waals surface area contributed by atoms with Crippen LogP contribution in [0.1, 0.15) is 25.0 Å². The van der Waals surface area contributed by atoms with Gasteiger partial charge in [0.15, 0.2) is 0 Å². The number of anilines is 1. The van der Waals surface area contributed by atoms with Crippen molar-refractivity contribution >= 4 is 39.1 Å². The van der Waals surface area contributed by atoms with Crippen LogP contribution in [-0.2, 0) is 32.6 Å². The molecule has 8 nitrogen and oxygen atoms in total. The lowest BCUT2D eigenvalue weighted by atomic mass is 10.0. The number of ether oxygens (including phenoxy) is 1. The van der Waals surface area contributed by atoms with Gasteiger partial charge in [0, 0.05) is 30.6 Å². The van der Waals surface area contributed by atoms with Gasteiger partial charge in [0.25, 0.3) is 0 Å². The van der Waals surface area contributed by atoms with Gasteiger partial charge in [-0.15, -0.1) is 0 Å². The predicted molar refractivity (Wildman–Crippen MR) is 159 cm³/mol. The number of amides is 2. The van der Waals surface area contributed by atoms with Gasteiger partial charge in [-0.1, -0.05) is 80.0 Å². The number of benzene rings is 3. The molecule has 0 radical (unpaired) electrons. The Kier molecular flexibility index (Phi) is 11.0. The molecular weight excluding hydrogens is 550 g/mol. The van der Waals surface area contributed by atoms with Crippen LogP contribution in [-0.4, -0.2) is 57.6 Å². The summed E-state index contributed by atoms with van der Waals surface area (Å²) in [6.45, 7) is 3.89. The number of nitrogens with zero attached hydrogens (tertiary/aromatic N) is 2. The molecule has 0 aliphatic heterocycles. The first kappa shape index (κ1) is 31.0. The highest BCUT2D eigenvalue weighted by Gasteiger charge is 2.33. The zero-order chi connectivity index (χ0) is 29.3. The minimum absolute atomic E-state index is 0.0147. The van der Waals surface area contributed by atoms with E-state index in [4.69, 9.17) is 16.3 Å². The lowest BCUT2D eigenvalue weighted by Crippen LogP contribution is -2.53. The first-order valence-electron chi connectivity index (χ1n) is 13.0. The van der Waals surface area contributed by atoms with Gasteiger partial charge >= 0.3 is 0 Å². The van der Waals surface area contributed by atoms with Crippen molar-refractivity contribution in [3.05, 3.63) is 95.0 Å². The van der Waals surface area contributed by atoms with E-state index in [1.165, 1.54) is 12.0 Å². The lowest BCUT2D eigenvalue weighted by molar-refractivity contribution is -0.140. The van der Waals surface area contributed by atoms with Crippen molar-refractivity contribution in [2.75, 3.05) is 30.8 Å². The number of hydrogen-bond acceptors (Lipinski definition) is 5. The summed E-state index contributed by atoms with van der Waals surface area (Å²) in [5.74, 6) is -0.233. The Labute approximate surface area is 241 Å². The van der Waals surface area contributed by atoms with E-state index in [2.05, 4.69) is 5.32 Å². The third-order valence-corrected chi connectivity index (χ3v) is 7.78. The maximum Gasteiger partial charge on any atom is 0.244 e. The van der Waals surface area contributed by atoms with Crippen LogP contribution in [0.4, 0.5) is 5.69 Å². The summed E-state index contributed by atoms with van der Waals surface area (Å²) in [5, 5.41) is 3.39. The molecule has 0 unspecified atom stereocenters. The number of methoxy groups -OCH3 is 1. The monoisotopic (exact) mass is 585 g/mol. The van der Waals surface area contributed by atoms with Crippen LogP contribution in [0.25, 0.3) is 0 Å². The number of hydrogen-bond donors (Lipinski definition) is 1. The van der Waals surface area contributed by atoms with E-state index >= 15 is 0 Å². The summed E-state index contributed by atoms with van der Waals surface area (Å²) in [5.41, 5.74) is 1.77. The number of rotatable bonds is 13. The molecule has 3 aromatic carbocycles. The topological polar surface area (TPSA) is 96.0 Å². The standard InChI is InChI=1S/C30H36ClN3O5S/c1-22(2)19-32-30(36)28(17-23-11-6-5-7-12-23)33(20-24-13-8-9-16-27(24)31)29(35)21-34(40(4,37)38)25-14-10-15-26(18-25)39-3/h5-16,18,22,28H,17,19-21H2,1-4H3,(H,32,36)/t28-/m1/s1. The van der Waals surface area contributed by atoms with Crippen LogP contribution in [0.15, 0.2) is 78.9 Å². The molecule has 0 bridgehead atoms. The molecule has 0 fully saturated rings. The Balaban J connectivity index is 2.06. The largest absolute Gasteiger partial charge is 0.497 e. The Morgan fingerprint density at radius 1 is 0.975 bits per heavy atom. The Morgan fingerprint density at radius 3 is 2.27 bits per heavy atom. The molecule has 214 valence electrons. The maximum absolute atomic E-state index is 14.1. The van der Waals surface area contributed by atoms with Gasteiger partial charge < -0.3 is 15.0 Å². The van der Waals surface area contributed by atoms with Gasteiger partial charge in [-0.3, -0.25) is 13.9 Å². The number of halogens is 1. The van der Waals surface area contributed by atoms with Crippen LogP contribution in [0.5, 0.6) is 5.75 Å². The normalized spacial score (nSPS) is 12.1. The molecule has 1 N–H and O–H groups in total. The van der Waals surface area contributed by atoms with E-state index in [1.807, 2.05) is 44.2 Å². The average molecular weight is 586 g/mol. The van der Waals surface area contributed by atoms with Crippen LogP contribution in [0, 0.1) is 5.92 Å². The molecule has 0 aliphatic rings. The Morgan fingerprint density at radius 2 is 1.65 bits per heavy atom. The fraction of sp³-hybridized carbons (Fsp3) is 0.333. The van der Waals surface area contributed by atoms with Crippen molar-refractivity contribution in [2.45, 2.75) is 32.9 Å². The second-order valence-electron chi connectivity index (χ2n) is 9.93. The van der Waals surface area contributed by atoms with Gasteiger partial charge in [-0.2, -0.15) is 0 Å². The molecule has 0 heterocycles. The van der Waals surface area contributed by atoms with Gasteiger partial charge in [-0.05, 0) is 35.2 Å². The van der Waals surface area contributed by atoms with Crippen molar-refractivity contribution in [2.24, 2.45) is 5.92 Å². The smallest absolute Gasteiger partial charge is 0.244 e. The van der Waals surface area contributed by atoms with Crippen molar-refractivity contribution in [1.29, 1.82) is 0 Å². The first-order valence-corrected chi connectivity index (χ1v) is 15.2. The van der Waals surface area contributed by atoms with E-state index in [9.17, 15) is 18.0 Å². The van der Waals surface area contributed by atoms with Gasteiger partial charge in [0.2, 0.25) is 21.8 Å². The third kappa shape index (κ3) is 8.72. The molecule has 0 saturated heterocycles. The molecule has 40 heavy (non-hydrogen) atoms. The quantitative estimate of drug-likeness (QED) is 0.318. The summed E-state index contributed by atoms with van der Waals surface area (Å²) in [7, 11) is -2.40. The average Bonchev–Trinajstić information content (AvgIpc) is 2.93. The minimum atomic E-state index is -3.88. The van der Waals surface area contributed by atoms with Crippen LogP contribution < -0.4 is 14.4 Å². The fourth-order valence-electron chi connectivity index (χ4n) is 4.17. The maximum atomic E-state index is 14.1. The van der Waals surface area contributed by atoms with Crippen molar-refractivity contribution in [3.63, 3.8) is 0 Å². The minimum Gasteiger partial charge on any atom is -0.497 e. The highest BCUT2D eigenvalue weighted by atomic mass is 35.5. The SMILES string of the molecule is COc1cccc(N(CC(=O)N(Cc2ccccc2Cl)[C@H](Cc2ccccc2)C(=O)NCC(C)C)S(C)(=O)=O)c1. The number of sulfonamides is 1. The fourth-order valence-corrected chi connectivity index (χ4v) is 5.20. The molecule has 1 atom stereocenters. The molecule has 10 heteroatoms. The van der Waals surface area contributed by atoms with Gasteiger partial charge in [0.1, 0.15) is 18.3 Å². The molecule has 2 amide bonds. The van der Waals surface area contributed by atoms with E-state index in [0.29, 0.717) is 22.9 Å². The number of carbonyl (C=O) groups excluding carboxylic acids is 2. The van der Waals surface area contributed by atoms with Crippen LogP contribution >= 0.6 is 11.6 Å². The van der Waals surface area contributed by atoms with Crippen LogP contribution in [0.2, 0.25) is 5.02 Å². The molecule has 0 aromatic heterocycles. The van der Waals surface area contributed by atoms with E-state index in [1.54, 1.807) is 48.5 Å². The molecular formula is C30H36ClN3O5S. The summed E-state index contributed by atoms with van der Waals surface area (Å²) in [4.78, 5) is 29.1. The number of carbonyl (C=O) groups is 2. The number of nitrogens with one attached hydrogen (secondary N) is 1. The zero-order valence-corrected chi connectivity index (χ0v) is 24.8. The van der Waals surface area contributed by atoms with Gasteiger partial charge in [0.05, 0.1) is 19.1 Å². The first-order chi connectivity index (χ1) is 19.0. The van der Waals surface area contributed by atoms with Gasteiger partial charge in [-0.25, -0.2) is 8.42 Å². The summed E-state index contributed by atoms with van der Waals surface area (Å²) in [6.07, 6.45) is 1.27. The van der Waals surface area contributed by atoms with Crippen molar-refractivity contribution < 1.29 is 22.7 Å². The third-order valence-electron chi connectivity index (χ3n) is 6.27. The second-order valence-corrected chi connectivity index (χ2v) is 12.2. The predicted octanol–water partition coefficient (Wildman–Crippen LogP) is 4.53. The zero-order valence-electron chi connectivity index (χ0n) is 23.2. The Bertz CT molecular complexity index is 1400. The molecule has 3 aromatic rings. The molecule has 0 spiro atoms. The van der Waals surface area contributed by atoms with Crippen molar-refractivity contribution in [3.8, 4) is 5.75 Å². The second kappa shape index (κ2) is 14.2.